The van der Waals surface area contributed by atoms with Gasteiger partial charge in [-0.2, -0.15) is 0 Å². The van der Waals surface area contributed by atoms with Crippen LogP contribution in [0.5, 0.6) is 0 Å². The van der Waals surface area contributed by atoms with Gasteiger partial charge >= 0.3 is 0 Å². The van der Waals surface area contributed by atoms with E-state index in [4.69, 9.17) is 11.5 Å². The number of aromatic nitrogens is 2. The molecule has 0 unspecified atom stereocenters. The Hall–Kier alpha value is -1.58. The summed E-state index contributed by atoms with van der Waals surface area (Å²) in [5, 5.41) is 0. The highest BCUT2D eigenvalue weighted by Gasteiger charge is 1.93. The molecule has 0 spiro atoms. The summed E-state index contributed by atoms with van der Waals surface area (Å²) in [5.41, 5.74) is 11.6. The van der Waals surface area contributed by atoms with Crippen molar-refractivity contribution >= 4 is 11.5 Å². The van der Waals surface area contributed by atoms with Crippen molar-refractivity contribution in [3.05, 3.63) is 24.7 Å². The normalized spacial score (nSPS) is 9.20. The van der Waals surface area contributed by atoms with Crippen LogP contribution >= 0.6 is 0 Å². The van der Waals surface area contributed by atoms with Crippen LogP contribution in [-0.4, -0.2) is 9.97 Å². The molecule has 0 amide bonds. The van der Waals surface area contributed by atoms with Crippen molar-refractivity contribution in [2.24, 2.45) is 5.73 Å². The van der Waals surface area contributed by atoms with Crippen molar-refractivity contribution in [1.29, 1.82) is 0 Å². The van der Waals surface area contributed by atoms with Crippen molar-refractivity contribution in [3.63, 3.8) is 0 Å². The fraction of sp³-hybridized carbons (Fsp3) is 0. The zero-order valence-corrected chi connectivity index (χ0v) is 5.41. The van der Waals surface area contributed by atoms with E-state index in [1.165, 1.54) is 12.4 Å². The van der Waals surface area contributed by atoms with Crippen LogP contribution in [-0.2, 0) is 0 Å². The van der Waals surface area contributed by atoms with Gasteiger partial charge in [0.1, 0.15) is 11.5 Å². The van der Waals surface area contributed by atoms with Crippen molar-refractivity contribution in [2.75, 3.05) is 5.73 Å². The van der Waals surface area contributed by atoms with Crippen LogP contribution in [0.1, 0.15) is 5.69 Å². The quantitative estimate of drug-likeness (QED) is 0.569. The van der Waals surface area contributed by atoms with Crippen molar-refractivity contribution in [2.45, 2.75) is 0 Å². The molecule has 0 saturated carbocycles. The number of nitrogens with zero attached hydrogens (tertiary/aromatic N) is 2. The van der Waals surface area contributed by atoms with Crippen molar-refractivity contribution in [3.8, 4) is 0 Å². The molecule has 0 atom stereocenters. The second kappa shape index (κ2) is 2.34. The molecule has 0 bridgehead atoms. The number of anilines is 1. The molecule has 1 aromatic rings. The summed E-state index contributed by atoms with van der Waals surface area (Å²) in [6, 6.07) is 0. The van der Waals surface area contributed by atoms with Crippen LogP contribution < -0.4 is 11.5 Å². The molecule has 4 heteroatoms. The maximum absolute atomic E-state index is 5.33. The standard InChI is InChI=1S/C6H8N4/c1-4(7)5-2-10-6(8)3-9-5/h2-3H,1,7H2,(H2,8,10). The van der Waals surface area contributed by atoms with E-state index in [2.05, 4.69) is 16.5 Å². The number of hydrogen-bond donors (Lipinski definition) is 2. The molecule has 0 fully saturated rings. The van der Waals surface area contributed by atoms with Gasteiger partial charge in [-0.15, -0.1) is 0 Å². The molecular formula is C6H8N4. The molecule has 0 aliphatic rings. The lowest BCUT2D eigenvalue weighted by Crippen LogP contribution is -1.99. The van der Waals surface area contributed by atoms with Gasteiger partial charge in [0, 0.05) is 0 Å². The minimum atomic E-state index is 0.380. The monoisotopic (exact) mass is 136 g/mol. The Kier molecular flexibility index (Phi) is 1.53. The summed E-state index contributed by atoms with van der Waals surface area (Å²) in [4.78, 5) is 7.64. The molecule has 0 saturated heterocycles. The summed E-state index contributed by atoms with van der Waals surface area (Å²) < 4.78 is 0. The van der Waals surface area contributed by atoms with E-state index in [1.807, 2.05) is 0 Å². The maximum atomic E-state index is 5.33. The van der Waals surface area contributed by atoms with Crippen LogP contribution in [0.3, 0.4) is 0 Å². The van der Waals surface area contributed by atoms with E-state index in [1.54, 1.807) is 0 Å². The van der Waals surface area contributed by atoms with Gasteiger partial charge in [0.25, 0.3) is 0 Å². The van der Waals surface area contributed by atoms with Gasteiger partial charge in [0.2, 0.25) is 0 Å². The Bertz CT molecular complexity index is 238. The lowest BCUT2D eigenvalue weighted by molar-refractivity contribution is 1.17. The molecule has 0 aliphatic carbocycles. The van der Waals surface area contributed by atoms with Crippen LogP contribution in [0.4, 0.5) is 5.82 Å². The van der Waals surface area contributed by atoms with Gasteiger partial charge < -0.3 is 11.5 Å². The fourth-order valence-electron chi connectivity index (χ4n) is 0.504. The molecule has 0 radical (unpaired) electrons. The summed E-state index contributed by atoms with van der Waals surface area (Å²) in [6.07, 6.45) is 2.92. The number of nitrogen functional groups attached to an aromatic ring is 1. The first-order chi connectivity index (χ1) is 4.70. The van der Waals surface area contributed by atoms with Crippen molar-refractivity contribution in [1.82, 2.24) is 9.97 Å². The highest BCUT2D eigenvalue weighted by molar-refractivity contribution is 5.55. The Morgan fingerprint density at radius 2 is 2.10 bits per heavy atom. The lowest BCUT2D eigenvalue weighted by Gasteiger charge is -1.96. The van der Waals surface area contributed by atoms with E-state index >= 15 is 0 Å². The Labute approximate surface area is 58.6 Å². The molecule has 4 N–H and O–H groups in total. The molecule has 10 heavy (non-hydrogen) atoms. The highest BCUT2D eigenvalue weighted by Crippen LogP contribution is 2.00. The first-order valence-electron chi connectivity index (χ1n) is 2.72. The zero-order valence-electron chi connectivity index (χ0n) is 5.41. The molecule has 1 rings (SSSR count). The van der Waals surface area contributed by atoms with Gasteiger partial charge in [0.05, 0.1) is 18.1 Å². The van der Waals surface area contributed by atoms with Crippen LogP contribution in [0.2, 0.25) is 0 Å². The summed E-state index contributed by atoms with van der Waals surface area (Å²) in [5.74, 6) is 0.380. The summed E-state index contributed by atoms with van der Waals surface area (Å²) in [6.45, 7) is 3.49. The van der Waals surface area contributed by atoms with E-state index in [-0.39, 0.29) is 0 Å². The number of nitrogens with two attached hydrogens (primary N) is 2. The molecule has 4 nitrogen and oxygen atoms in total. The maximum Gasteiger partial charge on any atom is 0.141 e. The number of hydrogen-bond acceptors (Lipinski definition) is 4. The zero-order chi connectivity index (χ0) is 7.56. The largest absolute Gasteiger partial charge is 0.397 e. The SMILES string of the molecule is C=C(N)c1cnc(N)cn1. The van der Waals surface area contributed by atoms with E-state index in [0.717, 1.165) is 0 Å². The predicted octanol–water partition coefficient (Wildman–Crippen LogP) is -0.0118. The predicted molar refractivity (Wildman–Crippen MR) is 39.7 cm³/mol. The Morgan fingerprint density at radius 1 is 1.40 bits per heavy atom. The average Bonchev–Trinajstić information content (AvgIpc) is 1.88. The molecule has 0 aliphatic heterocycles. The molecule has 1 heterocycles. The van der Waals surface area contributed by atoms with Crippen molar-refractivity contribution < 1.29 is 0 Å². The fourth-order valence-corrected chi connectivity index (χ4v) is 0.504. The summed E-state index contributed by atoms with van der Waals surface area (Å²) in [7, 11) is 0. The number of rotatable bonds is 1. The topological polar surface area (TPSA) is 77.8 Å². The molecule has 1 aromatic heterocycles. The first-order valence-corrected chi connectivity index (χ1v) is 2.72. The van der Waals surface area contributed by atoms with Gasteiger partial charge in [-0.3, -0.25) is 0 Å². The first kappa shape index (κ1) is 6.54. The van der Waals surface area contributed by atoms with E-state index in [0.29, 0.717) is 17.2 Å². The lowest BCUT2D eigenvalue weighted by atomic mass is 10.4. The molecule has 0 aromatic carbocycles. The summed E-state index contributed by atoms with van der Waals surface area (Å²) >= 11 is 0. The van der Waals surface area contributed by atoms with Crippen LogP contribution in [0.25, 0.3) is 5.70 Å². The van der Waals surface area contributed by atoms with Gasteiger partial charge in [-0.05, 0) is 0 Å². The molecular weight excluding hydrogens is 128 g/mol. The third-order valence-corrected chi connectivity index (χ3v) is 1.00. The average molecular weight is 136 g/mol. The van der Waals surface area contributed by atoms with Crippen LogP contribution in [0.15, 0.2) is 19.0 Å². The Balaban J connectivity index is 3.00. The van der Waals surface area contributed by atoms with E-state index in [9.17, 15) is 0 Å². The van der Waals surface area contributed by atoms with Gasteiger partial charge in [-0.1, -0.05) is 6.58 Å². The Morgan fingerprint density at radius 3 is 2.50 bits per heavy atom. The second-order valence-electron chi connectivity index (χ2n) is 1.85. The van der Waals surface area contributed by atoms with Crippen LogP contribution in [0, 0.1) is 0 Å². The third-order valence-electron chi connectivity index (χ3n) is 1.00. The third kappa shape index (κ3) is 1.22. The molecule has 52 valence electrons. The van der Waals surface area contributed by atoms with Gasteiger partial charge in [-0.25, -0.2) is 9.97 Å². The second-order valence-corrected chi connectivity index (χ2v) is 1.85. The highest BCUT2D eigenvalue weighted by atomic mass is 14.9. The minimum Gasteiger partial charge on any atom is -0.397 e. The smallest absolute Gasteiger partial charge is 0.141 e. The minimum absolute atomic E-state index is 0.380. The van der Waals surface area contributed by atoms with Gasteiger partial charge in [0.15, 0.2) is 0 Å². The van der Waals surface area contributed by atoms with E-state index < -0.39 is 0 Å².